The van der Waals surface area contributed by atoms with Gasteiger partial charge in [-0.15, -0.1) is 0 Å². The maximum absolute atomic E-state index is 9.11. The molecule has 2 aromatic heterocycles. The molecular formula is C16H20N4O. The first kappa shape index (κ1) is 15.1. The van der Waals surface area contributed by atoms with Crippen LogP contribution in [-0.4, -0.2) is 29.5 Å². The first-order valence-electron chi connectivity index (χ1n) is 7.16. The topological polar surface area (TPSA) is 65.1 Å². The normalized spacial score (nSPS) is 12.1. The standard InChI is InChI=1S/C16H20N4O/c1-3-20(4-2)14(15-8-6-10-21-15)12-19-16-13(11-17)7-5-9-18-16/h5-10,14H,3-4,12H2,1-2H3,(H,18,19). The Morgan fingerprint density at radius 2 is 2.14 bits per heavy atom. The van der Waals surface area contributed by atoms with E-state index in [-0.39, 0.29) is 6.04 Å². The fraction of sp³-hybridized carbons (Fsp3) is 0.375. The molecule has 0 amide bonds. The van der Waals surface area contributed by atoms with Crippen molar-refractivity contribution in [2.24, 2.45) is 0 Å². The van der Waals surface area contributed by atoms with Gasteiger partial charge in [-0.3, -0.25) is 4.90 Å². The lowest BCUT2D eigenvalue weighted by molar-refractivity contribution is 0.202. The Morgan fingerprint density at radius 3 is 2.76 bits per heavy atom. The lowest BCUT2D eigenvalue weighted by atomic mass is 10.1. The average molecular weight is 284 g/mol. The minimum Gasteiger partial charge on any atom is -0.468 e. The summed E-state index contributed by atoms with van der Waals surface area (Å²) in [5, 5.41) is 12.4. The summed E-state index contributed by atoms with van der Waals surface area (Å²) >= 11 is 0. The summed E-state index contributed by atoms with van der Waals surface area (Å²) in [7, 11) is 0. The van der Waals surface area contributed by atoms with Crippen molar-refractivity contribution in [2.45, 2.75) is 19.9 Å². The van der Waals surface area contributed by atoms with Gasteiger partial charge in [0.05, 0.1) is 17.9 Å². The summed E-state index contributed by atoms with van der Waals surface area (Å²) in [6, 6.07) is 9.66. The Morgan fingerprint density at radius 1 is 1.33 bits per heavy atom. The van der Waals surface area contributed by atoms with E-state index in [1.165, 1.54) is 0 Å². The molecule has 2 heterocycles. The van der Waals surface area contributed by atoms with Gasteiger partial charge in [0.1, 0.15) is 17.6 Å². The molecular weight excluding hydrogens is 264 g/mol. The fourth-order valence-electron chi connectivity index (χ4n) is 2.38. The van der Waals surface area contributed by atoms with E-state index in [2.05, 4.69) is 35.1 Å². The number of nitrogens with zero attached hydrogens (tertiary/aromatic N) is 3. The van der Waals surface area contributed by atoms with Crippen LogP contribution in [0.4, 0.5) is 5.82 Å². The number of hydrogen-bond acceptors (Lipinski definition) is 5. The highest BCUT2D eigenvalue weighted by Crippen LogP contribution is 2.22. The van der Waals surface area contributed by atoms with Crippen molar-refractivity contribution in [3.63, 3.8) is 0 Å². The van der Waals surface area contributed by atoms with Crippen LogP contribution in [0.15, 0.2) is 41.1 Å². The molecule has 0 spiro atoms. The molecule has 1 atom stereocenters. The van der Waals surface area contributed by atoms with Crippen molar-refractivity contribution in [2.75, 3.05) is 25.0 Å². The monoisotopic (exact) mass is 284 g/mol. The highest BCUT2D eigenvalue weighted by molar-refractivity contribution is 5.51. The molecule has 1 N–H and O–H groups in total. The van der Waals surface area contributed by atoms with Crippen molar-refractivity contribution in [3.05, 3.63) is 48.0 Å². The number of nitrogens with one attached hydrogen (secondary N) is 1. The molecule has 5 nitrogen and oxygen atoms in total. The predicted molar refractivity (Wildman–Crippen MR) is 81.8 cm³/mol. The summed E-state index contributed by atoms with van der Waals surface area (Å²) < 4.78 is 5.56. The number of likely N-dealkylation sites (N-methyl/N-ethyl adjacent to an activating group) is 1. The molecule has 0 saturated carbocycles. The molecule has 0 aliphatic carbocycles. The third-order valence-electron chi connectivity index (χ3n) is 3.52. The van der Waals surface area contributed by atoms with Crippen molar-refractivity contribution in [3.8, 4) is 6.07 Å². The van der Waals surface area contributed by atoms with Crippen LogP contribution in [0.2, 0.25) is 0 Å². The van der Waals surface area contributed by atoms with E-state index in [1.807, 2.05) is 12.1 Å². The zero-order valence-electron chi connectivity index (χ0n) is 12.4. The Labute approximate surface area is 125 Å². The van der Waals surface area contributed by atoms with E-state index in [0.717, 1.165) is 18.8 Å². The zero-order valence-corrected chi connectivity index (χ0v) is 12.4. The van der Waals surface area contributed by atoms with Crippen LogP contribution in [-0.2, 0) is 0 Å². The second-order valence-electron chi connectivity index (χ2n) is 4.64. The van der Waals surface area contributed by atoms with Crippen molar-refractivity contribution in [1.29, 1.82) is 5.26 Å². The van der Waals surface area contributed by atoms with Gasteiger partial charge in [0.15, 0.2) is 0 Å². The number of anilines is 1. The third-order valence-corrected chi connectivity index (χ3v) is 3.52. The molecule has 0 aliphatic rings. The molecule has 21 heavy (non-hydrogen) atoms. The second-order valence-corrected chi connectivity index (χ2v) is 4.64. The van der Waals surface area contributed by atoms with Crippen LogP contribution < -0.4 is 5.32 Å². The lowest BCUT2D eigenvalue weighted by Gasteiger charge is -2.28. The molecule has 0 fully saturated rings. The van der Waals surface area contributed by atoms with Crippen LogP contribution >= 0.6 is 0 Å². The number of pyridine rings is 1. The number of hydrogen-bond donors (Lipinski definition) is 1. The van der Waals surface area contributed by atoms with Gasteiger partial charge in [-0.2, -0.15) is 5.26 Å². The van der Waals surface area contributed by atoms with Gasteiger partial charge in [0.2, 0.25) is 0 Å². The van der Waals surface area contributed by atoms with Gasteiger partial charge in [-0.05, 0) is 37.4 Å². The molecule has 110 valence electrons. The number of aromatic nitrogens is 1. The summed E-state index contributed by atoms with van der Waals surface area (Å²) in [5.74, 6) is 1.53. The minimum atomic E-state index is 0.114. The second kappa shape index (κ2) is 7.46. The lowest BCUT2D eigenvalue weighted by Crippen LogP contribution is -2.33. The van der Waals surface area contributed by atoms with E-state index in [9.17, 15) is 0 Å². The Kier molecular flexibility index (Phi) is 5.35. The van der Waals surface area contributed by atoms with E-state index in [4.69, 9.17) is 9.68 Å². The molecule has 2 rings (SSSR count). The molecule has 0 bridgehead atoms. The largest absolute Gasteiger partial charge is 0.468 e. The fourth-order valence-corrected chi connectivity index (χ4v) is 2.38. The quantitative estimate of drug-likeness (QED) is 0.846. The number of nitriles is 1. The molecule has 5 heteroatoms. The summed E-state index contributed by atoms with van der Waals surface area (Å²) in [6.07, 6.45) is 3.37. The van der Waals surface area contributed by atoms with Crippen LogP contribution in [0.5, 0.6) is 0 Å². The van der Waals surface area contributed by atoms with E-state index >= 15 is 0 Å². The highest BCUT2D eigenvalue weighted by atomic mass is 16.3. The third kappa shape index (κ3) is 3.61. The smallest absolute Gasteiger partial charge is 0.143 e. The maximum atomic E-state index is 9.11. The van der Waals surface area contributed by atoms with E-state index in [1.54, 1.807) is 24.6 Å². The van der Waals surface area contributed by atoms with Gasteiger partial charge in [0, 0.05) is 12.7 Å². The van der Waals surface area contributed by atoms with Gasteiger partial charge in [-0.25, -0.2) is 4.98 Å². The molecule has 0 aromatic carbocycles. The Bertz CT molecular complexity index is 585. The number of rotatable bonds is 7. The van der Waals surface area contributed by atoms with Crippen molar-refractivity contribution >= 4 is 5.82 Å². The number of furan rings is 1. The zero-order chi connectivity index (χ0) is 15.1. The van der Waals surface area contributed by atoms with Crippen molar-refractivity contribution < 1.29 is 4.42 Å². The first-order valence-corrected chi connectivity index (χ1v) is 7.16. The van der Waals surface area contributed by atoms with Gasteiger partial charge >= 0.3 is 0 Å². The summed E-state index contributed by atoms with van der Waals surface area (Å²) in [5.41, 5.74) is 0.551. The summed E-state index contributed by atoms with van der Waals surface area (Å²) in [4.78, 5) is 6.54. The molecule has 1 unspecified atom stereocenters. The Balaban J connectivity index is 2.15. The van der Waals surface area contributed by atoms with Crippen LogP contribution in [0.25, 0.3) is 0 Å². The molecule has 0 radical (unpaired) electrons. The summed E-state index contributed by atoms with van der Waals surface area (Å²) in [6.45, 7) is 6.75. The van der Waals surface area contributed by atoms with E-state index in [0.29, 0.717) is 17.9 Å². The molecule has 0 aliphatic heterocycles. The van der Waals surface area contributed by atoms with Crippen molar-refractivity contribution in [1.82, 2.24) is 9.88 Å². The maximum Gasteiger partial charge on any atom is 0.143 e. The molecule has 2 aromatic rings. The molecule has 0 saturated heterocycles. The SMILES string of the molecule is CCN(CC)C(CNc1ncccc1C#N)c1ccco1. The Hall–Kier alpha value is -2.32. The first-order chi connectivity index (χ1) is 10.3. The predicted octanol–water partition coefficient (Wildman–Crippen LogP) is 3.04. The van der Waals surface area contributed by atoms with E-state index < -0.39 is 0 Å². The van der Waals surface area contributed by atoms with Gasteiger partial charge < -0.3 is 9.73 Å². The highest BCUT2D eigenvalue weighted by Gasteiger charge is 2.20. The van der Waals surface area contributed by atoms with Gasteiger partial charge in [-0.1, -0.05) is 13.8 Å². The van der Waals surface area contributed by atoms with Crippen LogP contribution in [0, 0.1) is 11.3 Å². The van der Waals surface area contributed by atoms with Crippen LogP contribution in [0.1, 0.15) is 31.2 Å². The average Bonchev–Trinajstić information content (AvgIpc) is 3.05. The van der Waals surface area contributed by atoms with Gasteiger partial charge in [0.25, 0.3) is 0 Å². The van der Waals surface area contributed by atoms with Crippen LogP contribution in [0.3, 0.4) is 0 Å². The minimum absolute atomic E-state index is 0.114.